The summed E-state index contributed by atoms with van der Waals surface area (Å²) in [4.78, 5) is 16.2. The lowest BCUT2D eigenvalue weighted by molar-refractivity contribution is -0.135. The summed E-state index contributed by atoms with van der Waals surface area (Å²) in [5.41, 5.74) is 2.88. The Morgan fingerprint density at radius 3 is 2.39 bits per heavy atom. The molecule has 4 heterocycles. The van der Waals surface area contributed by atoms with E-state index in [-0.39, 0.29) is 36.2 Å². The van der Waals surface area contributed by atoms with E-state index >= 15 is 0 Å². The van der Waals surface area contributed by atoms with Crippen molar-refractivity contribution in [2.45, 2.75) is 102 Å². The lowest BCUT2D eigenvalue weighted by Crippen LogP contribution is -2.73. The first-order valence-corrected chi connectivity index (χ1v) is 15.2. The van der Waals surface area contributed by atoms with E-state index in [1.165, 1.54) is 37.3 Å². The highest BCUT2D eigenvalue weighted by Crippen LogP contribution is 2.29. The number of halogens is 2. The molecule has 10 atom stereocenters. The van der Waals surface area contributed by atoms with Crippen LogP contribution in [0.4, 0.5) is 8.78 Å². The van der Waals surface area contributed by atoms with Gasteiger partial charge in [-0.25, -0.2) is 14.2 Å². The zero-order valence-electron chi connectivity index (χ0n) is 23.4. The molecule has 4 saturated heterocycles. The Hall–Kier alpha value is -0.170. The van der Waals surface area contributed by atoms with Gasteiger partial charge in [0.05, 0.1) is 12.2 Å². The summed E-state index contributed by atoms with van der Waals surface area (Å²) < 4.78 is 35.9. The molecule has 0 aromatic heterocycles. The van der Waals surface area contributed by atoms with Gasteiger partial charge in [-0.3, -0.25) is 20.3 Å². The summed E-state index contributed by atoms with van der Waals surface area (Å²) in [5, 5.41) is 10.3. The van der Waals surface area contributed by atoms with Crippen molar-refractivity contribution in [2.24, 2.45) is 5.92 Å². The van der Waals surface area contributed by atoms with Gasteiger partial charge in [-0.1, -0.05) is 19.7 Å². The predicted octanol–water partition coefficient (Wildman–Crippen LogP) is 1.49. The molecule has 0 saturated carbocycles. The highest BCUT2D eigenvalue weighted by molar-refractivity contribution is 7.77. The van der Waals surface area contributed by atoms with E-state index in [1.807, 2.05) is 4.90 Å². The summed E-state index contributed by atoms with van der Waals surface area (Å²) in [6, 6.07) is -0.814. The molecule has 0 aromatic carbocycles. The number of fused-ring (bicyclic) bond motifs is 1. The smallest absolute Gasteiger partial charge is 0.219 e. The zero-order chi connectivity index (χ0) is 27.8. The number of carbonyl (C=O) groups is 1. The number of piperidine rings is 2. The lowest BCUT2D eigenvalue weighted by Gasteiger charge is -2.52. The molecule has 0 radical (unpaired) electrons. The topological polar surface area (TPSA) is 84.1 Å². The fourth-order valence-electron chi connectivity index (χ4n) is 6.00. The standard InChI is InChI=1S/C21H41F2N6O2PS.C4H9N/c1-12(22)19(18(23)13(2)32)29(33)26-15-6-5-8-28(10-15)20-16-7-9-27(14(3)30)11-17(16)24-21(25-20)31-4;1-2-4-5-3-1/h12-13,15-21,24-26,33H,5-11,32H2,1-4H3;5H,1-4H2. The summed E-state index contributed by atoms with van der Waals surface area (Å²) in [6.45, 7) is 10.3. The van der Waals surface area contributed by atoms with Crippen LogP contribution in [0, 0.1) is 5.92 Å². The average molecular weight is 582 g/mol. The van der Waals surface area contributed by atoms with E-state index in [0.717, 1.165) is 38.9 Å². The van der Waals surface area contributed by atoms with Crippen LogP contribution in [-0.4, -0.2) is 115 Å². The number of hydrogen-bond acceptors (Lipinski definition) is 9. The normalized spacial score (nSPS) is 33.6. The summed E-state index contributed by atoms with van der Waals surface area (Å²) in [7, 11) is 4.07. The van der Waals surface area contributed by atoms with Gasteiger partial charge in [0.1, 0.15) is 12.3 Å². The molecule has 4 fully saturated rings. The third-order valence-corrected chi connectivity index (χ3v) is 8.89. The highest BCUT2D eigenvalue weighted by atomic mass is 32.1. The number of carbonyl (C=O) groups excluding carboxylic acids is 1. The number of alkyl halides is 2. The molecule has 0 bridgehead atoms. The second kappa shape index (κ2) is 15.7. The van der Waals surface area contributed by atoms with Crippen LogP contribution in [-0.2, 0) is 9.53 Å². The van der Waals surface area contributed by atoms with Crippen LogP contribution < -0.4 is 21.4 Å². The molecule has 38 heavy (non-hydrogen) atoms. The van der Waals surface area contributed by atoms with E-state index in [0.29, 0.717) is 12.5 Å². The second-order valence-electron chi connectivity index (χ2n) is 11.2. The number of amides is 1. The van der Waals surface area contributed by atoms with Crippen LogP contribution >= 0.6 is 22.1 Å². The molecule has 13 heteroatoms. The van der Waals surface area contributed by atoms with Crippen molar-refractivity contribution in [3.05, 3.63) is 0 Å². The van der Waals surface area contributed by atoms with Gasteiger partial charge in [0.2, 0.25) is 5.91 Å². The molecule has 0 aromatic rings. The fourth-order valence-corrected chi connectivity index (χ4v) is 6.70. The maximum Gasteiger partial charge on any atom is 0.219 e. The molecule has 1 amide bonds. The van der Waals surface area contributed by atoms with Crippen LogP contribution in [0.2, 0.25) is 0 Å². The second-order valence-corrected chi connectivity index (χ2v) is 12.6. The quantitative estimate of drug-likeness (QED) is 0.168. The molecular formula is C25H50F2N7O2PS. The van der Waals surface area contributed by atoms with Crippen LogP contribution in [0.3, 0.4) is 0 Å². The van der Waals surface area contributed by atoms with E-state index in [9.17, 15) is 13.6 Å². The van der Waals surface area contributed by atoms with Gasteiger partial charge in [0, 0.05) is 57.3 Å². The van der Waals surface area contributed by atoms with Crippen molar-refractivity contribution >= 4 is 28.0 Å². The summed E-state index contributed by atoms with van der Waals surface area (Å²) in [5.74, 6) is 0.419. The Morgan fingerprint density at radius 1 is 1.13 bits per heavy atom. The van der Waals surface area contributed by atoms with Gasteiger partial charge in [-0.2, -0.15) is 4.41 Å². The van der Waals surface area contributed by atoms with Gasteiger partial charge in [0.25, 0.3) is 0 Å². The van der Waals surface area contributed by atoms with Gasteiger partial charge in [-0.15, -0.1) is 9.24 Å². The Morgan fingerprint density at radius 2 is 1.84 bits per heavy atom. The van der Waals surface area contributed by atoms with Crippen LogP contribution in [0.5, 0.6) is 0 Å². The van der Waals surface area contributed by atoms with E-state index in [4.69, 9.17) is 4.74 Å². The number of rotatable bonds is 8. The first-order valence-electron chi connectivity index (χ1n) is 14.2. The Labute approximate surface area is 235 Å². The minimum absolute atomic E-state index is 0.0259. The largest absolute Gasteiger partial charge is 0.353 e. The predicted molar refractivity (Wildman–Crippen MR) is 154 cm³/mol. The Balaban J connectivity index is 0.000000715. The average Bonchev–Trinajstić information content (AvgIpc) is 3.48. The number of ether oxygens (including phenoxy) is 1. The van der Waals surface area contributed by atoms with E-state index in [2.05, 4.69) is 48.3 Å². The SMILES string of the molecule is C1CCNC1.COC1NC2CN(C(C)=O)CCC2C(N2CCCC(NN(S)C(C(C)F)C(F)C(C)P)C2)N1. The Kier molecular flexibility index (Phi) is 13.4. The van der Waals surface area contributed by atoms with Gasteiger partial charge < -0.3 is 15.0 Å². The summed E-state index contributed by atoms with van der Waals surface area (Å²) >= 11 is 4.43. The van der Waals surface area contributed by atoms with Crippen LogP contribution in [0.1, 0.15) is 52.9 Å². The minimum Gasteiger partial charge on any atom is -0.353 e. The van der Waals surface area contributed by atoms with Crippen LogP contribution in [0.25, 0.3) is 0 Å². The number of thiol groups is 1. The van der Waals surface area contributed by atoms with Crippen molar-refractivity contribution in [2.75, 3.05) is 46.4 Å². The fraction of sp³-hybridized carbons (Fsp3) is 0.960. The first-order chi connectivity index (χ1) is 18.1. The number of nitrogens with one attached hydrogen (secondary N) is 4. The molecule has 0 aliphatic carbocycles. The molecule has 10 unspecified atom stereocenters. The third-order valence-electron chi connectivity index (χ3n) is 8.14. The summed E-state index contributed by atoms with van der Waals surface area (Å²) in [6.07, 6.45) is 2.60. The zero-order valence-corrected chi connectivity index (χ0v) is 25.5. The van der Waals surface area contributed by atoms with Crippen molar-refractivity contribution in [3.63, 3.8) is 0 Å². The highest BCUT2D eigenvalue weighted by Gasteiger charge is 2.44. The number of likely N-dealkylation sites (tertiary alicyclic amines) is 2. The molecular weight excluding hydrogens is 531 g/mol. The van der Waals surface area contributed by atoms with Gasteiger partial charge in [0.15, 0.2) is 6.35 Å². The maximum atomic E-state index is 14.7. The van der Waals surface area contributed by atoms with E-state index in [1.54, 1.807) is 21.0 Å². The number of methoxy groups -OCH3 is 1. The van der Waals surface area contributed by atoms with Crippen molar-refractivity contribution in [1.29, 1.82) is 0 Å². The molecule has 222 valence electrons. The number of nitrogens with zero attached hydrogens (tertiary/aromatic N) is 3. The van der Waals surface area contributed by atoms with Gasteiger partial charge in [-0.05, 0) is 58.7 Å². The van der Waals surface area contributed by atoms with Crippen molar-refractivity contribution in [3.8, 4) is 0 Å². The van der Waals surface area contributed by atoms with Crippen molar-refractivity contribution < 1.29 is 18.3 Å². The van der Waals surface area contributed by atoms with Crippen molar-refractivity contribution in [1.82, 2.24) is 35.6 Å². The molecule has 4 aliphatic heterocycles. The molecule has 4 rings (SSSR count). The number of hydrazine groups is 1. The first kappa shape index (κ1) is 32.3. The number of hydrogen-bond donors (Lipinski definition) is 5. The lowest BCUT2D eigenvalue weighted by atomic mass is 9.85. The molecule has 0 spiro atoms. The maximum absolute atomic E-state index is 14.7. The molecule has 4 aliphatic rings. The molecule has 4 N–H and O–H groups in total. The third kappa shape index (κ3) is 8.91. The Bertz CT molecular complexity index is 720. The minimum atomic E-state index is -1.37. The van der Waals surface area contributed by atoms with Gasteiger partial charge >= 0.3 is 0 Å². The monoisotopic (exact) mass is 581 g/mol. The molecule has 9 nitrogen and oxygen atoms in total. The van der Waals surface area contributed by atoms with Crippen LogP contribution in [0.15, 0.2) is 0 Å². The van der Waals surface area contributed by atoms with E-state index < -0.39 is 18.4 Å².